The monoisotopic (exact) mass is 280 g/mol. The fraction of sp³-hybridized carbons (Fsp3) is 0.0667. The third-order valence-corrected chi connectivity index (χ3v) is 2.81. The molecule has 0 fully saturated rings. The van der Waals surface area contributed by atoms with Crippen LogP contribution in [0.15, 0.2) is 59.3 Å². The van der Waals surface area contributed by atoms with Crippen LogP contribution in [0.25, 0.3) is 0 Å². The van der Waals surface area contributed by atoms with Crippen LogP contribution >= 0.6 is 0 Å². The second-order valence-electron chi connectivity index (χ2n) is 4.36. The van der Waals surface area contributed by atoms with Crippen molar-refractivity contribution in [3.05, 3.63) is 71.9 Å². The Morgan fingerprint density at radius 1 is 1.10 bits per heavy atom. The molecule has 0 aliphatic heterocycles. The molecule has 0 aliphatic carbocycles. The Bertz CT molecular complexity index is 726. The quantitative estimate of drug-likeness (QED) is 0.793. The lowest BCUT2D eigenvalue weighted by Gasteiger charge is -1.99. The predicted molar refractivity (Wildman–Crippen MR) is 75.7 cm³/mol. The SMILES string of the molecule is O=C(Nc1nnc(Cc2ccccc2)o1)c1cccnc1. The van der Waals surface area contributed by atoms with Crippen molar-refractivity contribution in [2.45, 2.75) is 6.42 Å². The molecule has 0 aliphatic rings. The third-order valence-electron chi connectivity index (χ3n) is 2.81. The molecule has 1 aromatic carbocycles. The zero-order valence-electron chi connectivity index (χ0n) is 11.1. The Morgan fingerprint density at radius 3 is 2.71 bits per heavy atom. The molecule has 0 saturated heterocycles. The van der Waals surface area contributed by atoms with Gasteiger partial charge in [-0.3, -0.25) is 15.1 Å². The summed E-state index contributed by atoms with van der Waals surface area (Å²) in [6.07, 6.45) is 3.59. The number of anilines is 1. The molecule has 2 heterocycles. The van der Waals surface area contributed by atoms with E-state index in [1.54, 1.807) is 18.3 Å². The van der Waals surface area contributed by atoms with Crippen molar-refractivity contribution >= 4 is 11.9 Å². The van der Waals surface area contributed by atoms with E-state index >= 15 is 0 Å². The van der Waals surface area contributed by atoms with Crippen LogP contribution in [0.2, 0.25) is 0 Å². The van der Waals surface area contributed by atoms with Crippen LogP contribution in [-0.2, 0) is 6.42 Å². The predicted octanol–water partition coefficient (Wildman–Crippen LogP) is 2.31. The zero-order valence-corrected chi connectivity index (χ0v) is 11.1. The first-order valence-electron chi connectivity index (χ1n) is 6.39. The van der Waals surface area contributed by atoms with Crippen molar-refractivity contribution in [1.29, 1.82) is 0 Å². The second-order valence-corrected chi connectivity index (χ2v) is 4.36. The normalized spacial score (nSPS) is 10.3. The van der Waals surface area contributed by atoms with Crippen molar-refractivity contribution in [3.63, 3.8) is 0 Å². The fourth-order valence-electron chi connectivity index (χ4n) is 1.81. The van der Waals surface area contributed by atoms with E-state index < -0.39 is 0 Å². The van der Waals surface area contributed by atoms with Crippen LogP contribution in [0, 0.1) is 0 Å². The minimum Gasteiger partial charge on any atom is -0.407 e. The number of hydrogen-bond donors (Lipinski definition) is 1. The van der Waals surface area contributed by atoms with Gasteiger partial charge in [-0.05, 0) is 17.7 Å². The highest BCUT2D eigenvalue weighted by Crippen LogP contribution is 2.12. The molecule has 0 unspecified atom stereocenters. The largest absolute Gasteiger partial charge is 0.407 e. The van der Waals surface area contributed by atoms with Crippen molar-refractivity contribution in [2.75, 3.05) is 5.32 Å². The maximum absolute atomic E-state index is 11.9. The fourth-order valence-corrected chi connectivity index (χ4v) is 1.81. The van der Waals surface area contributed by atoms with Gasteiger partial charge in [0, 0.05) is 12.4 Å². The number of benzene rings is 1. The maximum Gasteiger partial charge on any atom is 0.322 e. The number of nitrogens with zero attached hydrogens (tertiary/aromatic N) is 3. The molecule has 1 N–H and O–H groups in total. The first kappa shape index (κ1) is 13.0. The van der Waals surface area contributed by atoms with Gasteiger partial charge in [0.05, 0.1) is 12.0 Å². The van der Waals surface area contributed by atoms with E-state index in [0.29, 0.717) is 17.9 Å². The Labute approximate surface area is 120 Å². The highest BCUT2D eigenvalue weighted by Gasteiger charge is 2.11. The Balaban J connectivity index is 1.67. The number of rotatable bonds is 4. The van der Waals surface area contributed by atoms with Crippen LogP contribution in [0.3, 0.4) is 0 Å². The first-order chi connectivity index (χ1) is 10.3. The average molecular weight is 280 g/mol. The smallest absolute Gasteiger partial charge is 0.322 e. The van der Waals surface area contributed by atoms with E-state index in [-0.39, 0.29) is 11.9 Å². The van der Waals surface area contributed by atoms with Crippen LogP contribution in [-0.4, -0.2) is 21.1 Å². The van der Waals surface area contributed by atoms with Crippen molar-refractivity contribution in [2.24, 2.45) is 0 Å². The molecule has 0 bridgehead atoms. The third kappa shape index (κ3) is 3.30. The van der Waals surface area contributed by atoms with E-state index in [2.05, 4.69) is 20.5 Å². The lowest BCUT2D eigenvalue weighted by Crippen LogP contribution is -2.12. The lowest BCUT2D eigenvalue weighted by atomic mass is 10.2. The molecule has 3 aromatic rings. The van der Waals surface area contributed by atoms with Gasteiger partial charge < -0.3 is 4.42 Å². The molecule has 6 nitrogen and oxygen atoms in total. The maximum atomic E-state index is 11.9. The zero-order chi connectivity index (χ0) is 14.5. The summed E-state index contributed by atoms with van der Waals surface area (Å²) in [4.78, 5) is 15.8. The number of pyridine rings is 1. The topological polar surface area (TPSA) is 80.9 Å². The number of aromatic nitrogens is 3. The summed E-state index contributed by atoms with van der Waals surface area (Å²) in [5.41, 5.74) is 1.49. The van der Waals surface area contributed by atoms with Gasteiger partial charge >= 0.3 is 6.01 Å². The van der Waals surface area contributed by atoms with Crippen LogP contribution in [0.1, 0.15) is 21.8 Å². The molecule has 0 atom stereocenters. The van der Waals surface area contributed by atoms with Gasteiger partial charge in [0.15, 0.2) is 0 Å². The molecule has 104 valence electrons. The van der Waals surface area contributed by atoms with Gasteiger partial charge in [-0.1, -0.05) is 35.4 Å². The molecule has 0 spiro atoms. The lowest BCUT2D eigenvalue weighted by molar-refractivity contribution is 0.102. The van der Waals surface area contributed by atoms with Gasteiger partial charge in [-0.15, -0.1) is 5.10 Å². The number of carbonyl (C=O) groups excluding carboxylic acids is 1. The highest BCUT2D eigenvalue weighted by atomic mass is 16.4. The first-order valence-corrected chi connectivity index (χ1v) is 6.39. The van der Waals surface area contributed by atoms with E-state index in [1.165, 1.54) is 6.20 Å². The Kier molecular flexibility index (Phi) is 3.68. The van der Waals surface area contributed by atoms with Gasteiger partial charge in [0.2, 0.25) is 5.89 Å². The Morgan fingerprint density at radius 2 is 1.95 bits per heavy atom. The number of hydrogen-bond acceptors (Lipinski definition) is 5. The standard InChI is InChI=1S/C15H12N4O2/c20-14(12-7-4-8-16-10-12)17-15-19-18-13(21-15)9-11-5-2-1-3-6-11/h1-8,10H,9H2,(H,17,19,20). The molecular weight excluding hydrogens is 268 g/mol. The molecule has 2 aromatic heterocycles. The van der Waals surface area contributed by atoms with Crippen molar-refractivity contribution in [3.8, 4) is 0 Å². The molecule has 1 amide bonds. The highest BCUT2D eigenvalue weighted by molar-refractivity contribution is 6.02. The molecule has 0 radical (unpaired) electrons. The molecule has 3 rings (SSSR count). The minimum absolute atomic E-state index is 0.0785. The molecule has 6 heteroatoms. The summed E-state index contributed by atoms with van der Waals surface area (Å²) in [6, 6.07) is 13.2. The van der Waals surface area contributed by atoms with E-state index in [0.717, 1.165) is 5.56 Å². The van der Waals surface area contributed by atoms with Crippen LogP contribution < -0.4 is 5.32 Å². The average Bonchev–Trinajstić information content (AvgIpc) is 2.96. The van der Waals surface area contributed by atoms with Gasteiger partial charge in [-0.2, -0.15) is 0 Å². The van der Waals surface area contributed by atoms with E-state index in [9.17, 15) is 4.79 Å². The number of amides is 1. The summed E-state index contributed by atoms with van der Waals surface area (Å²) in [6.45, 7) is 0. The van der Waals surface area contributed by atoms with Crippen molar-refractivity contribution < 1.29 is 9.21 Å². The molecule has 21 heavy (non-hydrogen) atoms. The van der Waals surface area contributed by atoms with Gasteiger partial charge in [0.25, 0.3) is 5.91 Å². The second kappa shape index (κ2) is 5.96. The molecule has 0 saturated carbocycles. The minimum atomic E-state index is -0.335. The van der Waals surface area contributed by atoms with Gasteiger partial charge in [-0.25, -0.2) is 0 Å². The van der Waals surface area contributed by atoms with Crippen molar-refractivity contribution in [1.82, 2.24) is 15.2 Å². The van der Waals surface area contributed by atoms with E-state index in [4.69, 9.17) is 4.42 Å². The van der Waals surface area contributed by atoms with E-state index in [1.807, 2.05) is 30.3 Å². The molecular formula is C15H12N4O2. The number of carbonyl (C=O) groups is 1. The van der Waals surface area contributed by atoms with Crippen LogP contribution in [0.5, 0.6) is 0 Å². The summed E-state index contributed by atoms with van der Waals surface area (Å²) in [7, 11) is 0. The Hall–Kier alpha value is -3.02. The summed E-state index contributed by atoms with van der Waals surface area (Å²) in [5.74, 6) is 0.112. The summed E-state index contributed by atoms with van der Waals surface area (Å²) in [5, 5.41) is 10.3. The summed E-state index contributed by atoms with van der Waals surface area (Å²) >= 11 is 0. The van der Waals surface area contributed by atoms with Gasteiger partial charge in [0.1, 0.15) is 0 Å². The summed E-state index contributed by atoms with van der Waals surface area (Å²) < 4.78 is 5.41. The number of nitrogens with one attached hydrogen (secondary N) is 1. The van der Waals surface area contributed by atoms with Crippen LogP contribution in [0.4, 0.5) is 6.01 Å².